The molecule has 5 nitrogen and oxygen atoms in total. The zero-order valence-electron chi connectivity index (χ0n) is 12.2. The molecule has 0 unspecified atom stereocenters. The second-order valence-corrected chi connectivity index (χ2v) is 7.47. The Bertz CT molecular complexity index is 730. The minimum Gasteiger partial charge on any atom is -0.340 e. The molecule has 1 aliphatic heterocycles. The van der Waals surface area contributed by atoms with Gasteiger partial charge in [-0.2, -0.15) is 0 Å². The number of nitrogens with zero attached hydrogens (tertiary/aromatic N) is 1. The van der Waals surface area contributed by atoms with Gasteiger partial charge in [0, 0.05) is 17.3 Å². The van der Waals surface area contributed by atoms with Crippen LogP contribution in [0.1, 0.15) is 24.6 Å². The number of benzene rings is 1. The van der Waals surface area contributed by atoms with Crippen LogP contribution in [0.4, 0.5) is 0 Å². The molecule has 2 aromatic rings. The largest absolute Gasteiger partial charge is 0.340 e. The highest BCUT2D eigenvalue weighted by atomic mass is 32.2. The van der Waals surface area contributed by atoms with Crippen molar-refractivity contribution in [1.82, 2.24) is 14.6 Å². The van der Waals surface area contributed by atoms with Crippen molar-refractivity contribution >= 4 is 20.9 Å². The van der Waals surface area contributed by atoms with E-state index in [2.05, 4.69) is 32.8 Å². The average Bonchev–Trinajstić information content (AvgIpc) is 2.84. The molecule has 1 saturated heterocycles. The van der Waals surface area contributed by atoms with Crippen LogP contribution >= 0.6 is 0 Å². The maximum Gasteiger partial charge on any atom is 0.209 e. The van der Waals surface area contributed by atoms with Gasteiger partial charge in [-0.1, -0.05) is 18.2 Å². The fourth-order valence-electron chi connectivity index (χ4n) is 3.07. The molecule has 0 amide bonds. The van der Waals surface area contributed by atoms with E-state index in [0.29, 0.717) is 12.6 Å². The monoisotopic (exact) mass is 307 g/mol. The van der Waals surface area contributed by atoms with Crippen molar-refractivity contribution in [3.05, 3.63) is 36.0 Å². The molecule has 0 bridgehead atoms. The molecule has 1 aliphatic rings. The highest BCUT2D eigenvalue weighted by Gasteiger charge is 2.20. The van der Waals surface area contributed by atoms with Crippen molar-refractivity contribution in [2.75, 3.05) is 19.3 Å². The average molecular weight is 307 g/mol. The Balaban J connectivity index is 2.00. The Morgan fingerprint density at radius 1 is 1.29 bits per heavy atom. The van der Waals surface area contributed by atoms with Crippen LogP contribution in [0.15, 0.2) is 30.3 Å². The number of hydrogen-bond donors (Lipinski definition) is 2. The third-order valence-electron chi connectivity index (χ3n) is 4.02. The number of para-hydroxylation sites is 1. The summed E-state index contributed by atoms with van der Waals surface area (Å²) in [5, 5.41) is 4.54. The fourth-order valence-corrected chi connectivity index (χ4v) is 3.48. The first-order valence-electron chi connectivity index (χ1n) is 7.29. The van der Waals surface area contributed by atoms with Gasteiger partial charge in [-0.25, -0.2) is 13.1 Å². The van der Waals surface area contributed by atoms with Crippen molar-refractivity contribution in [2.45, 2.75) is 25.4 Å². The van der Waals surface area contributed by atoms with Crippen molar-refractivity contribution in [3.8, 4) is 0 Å². The summed E-state index contributed by atoms with van der Waals surface area (Å²) in [4.78, 5) is 0. The predicted octanol–water partition coefficient (Wildman–Crippen LogP) is 1.61. The number of piperidine rings is 1. The Kier molecular flexibility index (Phi) is 4.01. The summed E-state index contributed by atoms with van der Waals surface area (Å²) in [6, 6.07) is 10.8. The summed E-state index contributed by atoms with van der Waals surface area (Å²) >= 11 is 0. The van der Waals surface area contributed by atoms with Gasteiger partial charge >= 0.3 is 0 Å². The first-order chi connectivity index (χ1) is 10.0. The number of aromatic nitrogens is 1. The summed E-state index contributed by atoms with van der Waals surface area (Å²) in [5.74, 6) is 0. The second-order valence-electron chi connectivity index (χ2n) is 5.64. The zero-order valence-corrected chi connectivity index (χ0v) is 13.0. The molecule has 3 rings (SSSR count). The van der Waals surface area contributed by atoms with Crippen LogP contribution in [0.5, 0.6) is 0 Å². The molecule has 1 aromatic heterocycles. The van der Waals surface area contributed by atoms with Gasteiger partial charge in [-0.15, -0.1) is 0 Å². The number of sulfonamides is 1. The van der Waals surface area contributed by atoms with E-state index in [4.69, 9.17) is 0 Å². The normalized spacial score (nSPS) is 17.4. The van der Waals surface area contributed by atoms with Crippen molar-refractivity contribution < 1.29 is 8.42 Å². The molecule has 0 saturated carbocycles. The third kappa shape index (κ3) is 3.28. The lowest BCUT2D eigenvalue weighted by Crippen LogP contribution is -2.31. The summed E-state index contributed by atoms with van der Waals surface area (Å²) in [6.07, 6.45) is 3.35. The van der Waals surface area contributed by atoms with E-state index in [1.54, 1.807) is 0 Å². The van der Waals surface area contributed by atoms with Gasteiger partial charge < -0.3 is 9.88 Å². The van der Waals surface area contributed by atoms with Gasteiger partial charge in [0.25, 0.3) is 0 Å². The lowest BCUT2D eigenvalue weighted by atomic mass is 10.1. The lowest BCUT2D eigenvalue weighted by molar-refractivity contribution is 0.368. The summed E-state index contributed by atoms with van der Waals surface area (Å²) < 4.78 is 27.7. The highest BCUT2D eigenvalue weighted by molar-refractivity contribution is 7.88. The van der Waals surface area contributed by atoms with E-state index < -0.39 is 10.0 Å². The van der Waals surface area contributed by atoms with Crippen LogP contribution in [0.2, 0.25) is 0 Å². The Hall–Kier alpha value is -1.37. The van der Waals surface area contributed by atoms with Gasteiger partial charge in [-0.3, -0.25) is 0 Å². The highest BCUT2D eigenvalue weighted by Crippen LogP contribution is 2.28. The zero-order chi connectivity index (χ0) is 14.9. The number of hydrogen-bond acceptors (Lipinski definition) is 3. The SMILES string of the molecule is CS(=O)(=O)NCc1cc2ccccc2n1C1CCNCC1. The maximum absolute atomic E-state index is 11.4. The van der Waals surface area contributed by atoms with Crippen LogP contribution in [-0.4, -0.2) is 32.3 Å². The molecule has 1 aromatic carbocycles. The summed E-state index contributed by atoms with van der Waals surface area (Å²) in [7, 11) is -3.18. The van der Waals surface area contributed by atoms with E-state index in [9.17, 15) is 8.42 Å². The number of nitrogens with one attached hydrogen (secondary N) is 2. The molecule has 0 atom stereocenters. The smallest absolute Gasteiger partial charge is 0.209 e. The lowest BCUT2D eigenvalue weighted by Gasteiger charge is -2.27. The molecular formula is C15H21N3O2S. The van der Waals surface area contributed by atoms with Crippen LogP contribution in [0.25, 0.3) is 10.9 Å². The van der Waals surface area contributed by atoms with Gasteiger partial charge in [-0.05, 0) is 43.5 Å². The number of fused-ring (bicyclic) bond motifs is 1. The molecule has 6 heteroatoms. The van der Waals surface area contributed by atoms with E-state index in [1.165, 1.54) is 17.2 Å². The minimum atomic E-state index is -3.18. The topological polar surface area (TPSA) is 63.1 Å². The van der Waals surface area contributed by atoms with Gasteiger partial charge in [0.05, 0.1) is 12.8 Å². The van der Waals surface area contributed by atoms with E-state index in [-0.39, 0.29) is 0 Å². The standard InChI is InChI=1S/C15H21N3O2S/c1-21(19,20)17-11-14-10-12-4-2-3-5-15(12)18(14)13-6-8-16-9-7-13/h2-5,10,13,16-17H,6-9,11H2,1H3. The van der Waals surface area contributed by atoms with E-state index in [1.807, 2.05) is 12.1 Å². The first kappa shape index (κ1) is 14.6. The molecule has 0 spiro atoms. The van der Waals surface area contributed by atoms with Crippen molar-refractivity contribution in [1.29, 1.82) is 0 Å². The molecule has 0 aliphatic carbocycles. The Morgan fingerprint density at radius 3 is 2.71 bits per heavy atom. The molecule has 2 heterocycles. The summed E-state index contributed by atoms with van der Waals surface area (Å²) in [5.41, 5.74) is 2.23. The predicted molar refractivity (Wildman–Crippen MR) is 84.8 cm³/mol. The van der Waals surface area contributed by atoms with Crippen molar-refractivity contribution in [3.63, 3.8) is 0 Å². The molecule has 2 N–H and O–H groups in total. The van der Waals surface area contributed by atoms with Crippen LogP contribution < -0.4 is 10.0 Å². The van der Waals surface area contributed by atoms with E-state index >= 15 is 0 Å². The second kappa shape index (κ2) is 5.79. The quantitative estimate of drug-likeness (QED) is 0.902. The maximum atomic E-state index is 11.4. The fraction of sp³-hybridized carbons (Fsp3) is 0.467. The number of rotatable bonds is 4. The van der Waals surface area contributed by atoms with Crippen LogP contribution in [0.3, 0.4) is 0 Å². The molecule has 21 heavy (non-hydrogen) atoms. The first-order valence-corrected chi connectivity index (χ1v) is 9.18. The minimum absolute atomic E-state index is 0.345. The van der Waals surface area contributed by atoms with Crippen LogP contribution in [0, 0.1) is 0 Å². The molecular weight excluding hydrogens is 286 g/mol. The van der Waals surface area contributed by atoms with Gasteiger partial charge in [0.1, 0.15) is 0 Å². The summed E-state index contributed by atoms with van der Waals surface area (Å²) in [6.45, 7) is 2.36. The van der Waals surface area contributed by atoms with Crippen molar-refractivity contribution in [2.24, 2.45) is 0 Å². The van der Waals surface area contributed by atoms with Gasteiger partial charge in [0.15, 0.2) is 0 Å². The molecule has 1 fully saturated rings. The molecule has 0 radical (unpaired) electrons. The van der Waals surface area contributed by atoms with Crippen LogP contribution in [-0.2, 0) is 16.6 Å². The Morgan fingerprint density at radius 2 is 2.00 bits per heavy atom. The third-order valence-corrected chi connectivity index (χ3v) is 4.69. The Labute approximate surface area is 125 Å². The molecule has 114 valence electrons. The van der Waals surface area contributed by atoms with Gasteiger partial charge in [0.2, 0.25) is 10.0 Å². The van der Waals surface area contributed by atoms with E-state index in [0.717, 1.165) is 31.6 Å².